The first kappa shape index (κ1) is 14.7. The first-order valence-corrected chi connectivity index (χ1v) is 7.98. The molecule has 1 fully saturated rings. The summed E-state index contributed by atoms with van der Waals surface area (Å²) in [6.07, 6.45) is 10.1. The maximum absolute atomic E-state index is 12.0. The molecule has 4 nitrogen and oxygen atoms in total. The van der Waals surface area contributed by atoms with Crippen LogP contribution < -0.4 is 5.32 Å². The zero-order valence-electron chi connectivity index (χ0n) is 12.7. The van der Waals surface area contributed by atoms with Gasteiger partial charge in [0.15, 0.2) is 5.82 Å². The first-order chi connectivity index (χ1) is 10.8. The van der Waals surface area contributed by atoms with E-state index >= 15 is 0 Å². The summed E-state index contributed by atoms with van der Waals surface area (Å²) in [6.45, 7) is 0. The molecular weight excluding hydrogens is 274 g/mol. The minimum Gasteiger partial charge on any atom is -0.323 e. The Balaban J connectivity index is 1.53. The molecule has 4 heteroatoms. The van der Waals surface area contributed by atoms with Crippen LogP contribution in [-0.4, -0.2) is 15.9 Å². The number of nitrogens with one attached hydrogen (secondary N) is 1. The molecule has 1 N–H and O–H groups in total. The molecule has 0 spiro atoms. The van der Waals surface area contributed by atoms with Crippen molar-refractivity contribution < 1.29 is 4.79 Å². The number of anilines is 1. The van der Waals surface area contributed by atoms with Gasteiger partial charge in [-0.25, -0.2) is 9.97 Å². The Morgan fingerprint density at radius 1 is 1.09 bits per heavy atom. The third-order valence-electron chi connectivity index (χ3n) is 4.22. The summed E-state index contributed by atoms with van der Waals surface area (Å²) >= 11 is 0. The van der Waals surface area contributed by atoms with Gasteiger partial charge in [-0.2, -0.15) is 0 Å². The molecule has 1 heterocycles. The van der Waals surface area contributed by atoms with Crippen LogP contribution in [0.1, 0.15) is 38.5 Å². The second kappa shape index (κ2) is 7.16. The summed E-state index contributed by atoms with van der Waals surface area (Å²) in [5.74, 6) is 1.47. The van der Waals surface area contributed by atoms with Crippen molar-refractivity contribution in [3.8, 4) is 11.4 Å². The molecule has 0 unspecified atom stereocenters. The van der Waals surface area contributed by atoms with E-state index < -0.39 is 0 Å². The molecule has 1 aliphatic carbocycles. The van der Waals surface area contributed by atoms with Gasteiger partial charge in [-0.05, 0) is 12.3 Å². The number of rotatable bonds is 5. The van der Waals surface area contributed by atoms with E-state index in [2.05, 4.69) is 15.3 Å². The number of amides is 1. The number of hydrogen-bond acceptors (Lipinski definition) is 3. The smallest absolute Gasteiger partial charge is 0.224 e. The second-order valence-corrected chi connectivity index (χ2v) is 5.90. The van der Waals surface area contributed by atoms with E-state index in [-0.39, 0.29) is 5.91 Å². The number of carbonyl (C=O) groups is 1. The van der Waals surface area contributed by atoms with Crippen molar-refractivity contribution in [1.82, 2.24) is 9.97 Å². The average Bonchev–Trinajstić information content (AvgIpc) is 3.08. The molecule has 0 aliphatic heterocycles. The van der Waals surface area contributed by atoms with Crippen molar-refractivity contribution in [2.75, 3.05) is 5.32 Å². The third kappa shape index (κ3) is 3.91. The number of benzene rings is 1. The van der Waals surface area contributed by atoms with Crippen LogP contribution in [0, 0.1) is 5.92 Å². The summed E-state index contributed by atoms with van der Waals surface area (Å²) < 4.78 is 0. The van der Waals surface area contributed by atoms with Gasteiger partial charge >= 0.3 is 0 Å². The molecule has 0 bridgehead atoms. The van der Waals surface area contributed by atoms with Crippen LogP contribution in [0.4, 0.5) is 5.69 Å². The molecule has 0 radical (unpaired) electrons. The molecule has 1 aromatic heterocycles. The number of carbonyl (C=O) groups excluding carboxylic acids is 1. The van der Waals surface area contributed by atoms with Crippen molar-refractivity contribution in [3.63, 3.8) is 0 Å². The monoisotopic (exact) mass is 295 g/mol. The highest BCUT2D eigenvalue weighted by atomic mass is 16.1. The van der Waals surface area contributed by atoms with Crippen molar-refractivity contribution in [1.29, 1.82) is 0 Å². The van der Waals surface area contributed by atoms with Crippen LogP contribution in [0.3, 0.4) is 0 Å². The Morgan fingerprint density at radius 3 is 2.45 bits per heavy atom. The average molecular weight is 295 g/mol. The number of nitrogens with zero attached hydrogens (tertiary/aromatic N) is 2. The normalized spacial score (nSPS) is 14.9. The lowest BCUT2D eigenvalue weighted by Gasteiger charge is -2.09. The summed E-state index contributed by atoms with van der Waals surface area (Å²) in [6, 6.07) is 9.81. The summed E-state index contributed by atoms with van der Waals surface area (Å²) in [5, 5.41) is 2.88. The fourth-order valence-electron chi connectivity index (χ4n) is 2.99. The van der Waals surface area contributed by atoms with Crippen LogP contribution in [0.5, 0.6) is 0 Å². The zero-order chi connectivity index (χ0) is 15.2. The van der Waals surface area contributed by atoms with Gasteiger partial charge in [0, 0.05) is 12.0 Å². The fraction of sp³-hybridized carbons (Fsp3) is 0.389. The Morgan fingerprint density at radius 2 is 1.77 bits per heavy atom. The highest BCUT2D eigenvalue weighted by Crippen LogP contribution is 2.28. The molecule has 2 aromatic rings. The Kier molecular flexibility index (Phi) is 4.78. The minimum absolute atomic E-state index is 0.0583. The molecular formula is C18H21N3O. The van der Waals surface area contributed by atoms with Crippen molar-refractivity contribution in [3.05, 3.63) is 42.7 Å². The Hall–Kier alpha value is -2.23. The molecule has 1 amide bonds. The third-order valence-corrected chi connectivity index (χ3v) is 4.22. The zero-order valence-corrected chi connectivity index (χ0v) is 12.7. The van der Waals surface area contributed by atoms with Gasteiger partial charge in [-0.15, -0.1) is 0 Å². The quantitative estimate of drug-likeness (QED) is 0.905. The molecule has 3 rings (SSSR count). The summed E-state index contributed by atoms with van der Waals surface area (Å²) in [5.41, 5.74) is 1.64. The second-order valence-electron chi connectivity index (χ2n) is 5.90. The van der Waals surface area contributed by atoms with Gasteiger partial charge in [-0.3, -0.25) is 4.79 Å². The van der Waals surface area contributed by atoms with Gasteiger partial charge in [0.2, 0.25) is 5.91 Å². The van der Waals surface area contributed by atoms with Crippen molar-refractivity contribution in [2.24, 2.45) is 5.92 Å². The van der Waals surface area contributed by atoms with E-state index in [9.17, 15) is 4.79 Å². The predicted octanol–water partition coefficient (Wildman–Crippen LogP) is 4.05. The lowest BCUT2D eigenvalue weighted by Crippen LogP contribution is -2.13. The SMILES string of the molecule is O=C(CCC1CCCC1)Nc1cnc(-c2ccccc2)nc1. The van der Waals surface area contributed by atoms with Crippen molar-refractivity contribution in [2.45, 2.75) is 38.5 Å². The maximum atomic E-state index is 12.0. The lowest BCUT2D eigenvalue weighted by atomic mass is 10.0. The van der Waals surface area contributed by atoms with Gasteiger partial charge in [0.1, 0.15) is 0 Å². The van der Waals surface area contributed by atoms with Crippen LogP contribution >= 0.6 is 0 Å². The van der Waals surface area contributed by atoms with Gasteiger partial charge < -0.3 is 5.32 Å². The van der Waals surface area contributed by atoms with E-state index in [1.54, 1.807) is 12.4 Å². The highest BCUT2D eigenvalue weighted by Gasteiger charge is 2.16. The lowest BCUT2D eigenvalue weighted by molar-refractivity contribution is -0.116. The van der Waals surface area contributed by atoms with E-state index in [4.69, 9.17) is 0 Å². The predicted molar refractivity (Wildman–Crippen MR) is 87.3 cm³/mol. The van der Waals surface area contributed by atoms with Crippen LogP contribution in [0.25, 0.3) is 11.4 Å². The fourth-order valence-corrected chi connectivity index (χ4v) is 2.99. The number of hydrogen-bond donors (Lipinski definition) is 1. The van der Waals surface area contributed by atoms with Gasteiger partial charge in [-0.1, -0.05) is 56.0 Å². The molecule has 0 saturated heterocycles. The number of aromatic nitrogens is 2. The van der Waals surface area contributed by atoms with Gasteiger partial charge in [0.25, 0.3) is 0 Å². The molecule has 0 atom stereocenters. The summed E-state index contributed by atoms with van der Waals surface area (Å²) in [7, 11) is 0. The van der Waals surface area contributed by atoms with E-state index in [0.717, 1.165) is 17.9 Å². The molecule has 114 valence electrons. The van der Waals surface area contributed by atoms with E-state index in [0.29, 0.717) is 17.9 Å². The largest absolute Gasteiger partial charge is 0.323 e. The van der Waals surface area contributed by atoms with Crippen LogP contribution in [0.15, 0.2) is 42.7 Å². The Bertz CT molecular complexity index is 604. The molecule has 22 heavy (non-hydrogen) atoms. The van der Waals surface area contributed by atoms with Crippen molar-refractivity contribution >= 4 is 11.6 Å². The molecule has 1 aliphatic rings. The minimum atomic E-state index is 0.0583. The Labute approximate surface area is 131 Å². The molecule has 1 aromatic carbocycles. The van der Waals surface area contributed by atoms with Crippen LogP contribution in [0.2, 0.25) is 0 Å². The van der Waals surface area contributed by atoms with Gasteiger partial charge in [0.05, 0.1) is 18.1 Å². The molecule has 1 saturated carbocycles. The van der Waals surface area contributed by atoms with E-state index in [1.165, 1.54) is 25.7 Å². The highest BCUT2D eigenvalue weighted by molar-refractivity contribution is 5.90. The topological polar surface area (TPSA) is 54.9 Å². The first-order valence-electron chi connectivity index (χ1n) is 7.98. The van der Waals surface area contributed by atoms with E-state index in [1.807, 2.05) is 30.3 Å². The maximum Gasteiger partial charge on any atom is 0.224 e. The standard InChI is InChI=1S/C18H21N3O/c22-17(11-10-14-6-4-5-7-14)21-16-12-19-18(20-13-16)15-8-2-1-3-9-15/h1-3,8-9,12-14H,4-7,10-11H2,(H,21,22). The van der Waals surface area contributed by atoms with Crippen LogP contribution in [-0.2, 0) is 4.79 Å². The summed E-state index contributed by atoms with van der Waals surface area (Å²) in [4.78, 5) is 20.6.